The molecule has 0 saturated heterocycles. The number of thiazole rings is 1. The summed E-state index contributed by atoms with van der Waals surface area (Å²) >= 11 is 13.5. The van der Waals surface area contributed by atoms with E-state index in [0.29, 0.717) is 42.8 Å². The van der Waals surface area contributed by atoms with Crippen molar-refractivity contribution in [1.82, 2.24) is 4.57 Å². The van der Waals surface area contributed by atoms with Crippen LogP contribution in [0.5, 0.6) is 11.5 Å². The Balaban J connectivity index is 1.95. The number of nitrogens with zero attached hydrogens (tertiary/aromatic N) is 2. The molecule has 3 aromatic rings. The number of hydrogen-bond acceptors (Lipinski definition) is 7. The smallest absolute Gasteiger partial charge is 0.338 e. The summed E-state index contributed by atoms with van der Waals surface area (Å²) in [5.41, 5.74) is 1.59. The molecule has 1 aromatic heterocycles. The molecule has 0 unspecified atom stereocenters. The quantitative estimate of drug-likeness (QED) is 0.477. The van der Waals surface area contributed by atoms with E-state index in [0.717, 1.165) is 0 Å². The van der Waals surface area contributed by atoms with E-state index in [-0.39, 0.29) is 29.2 Å². The Labute approximate surface area is 215 Å². The summed E-state index contributed by atoms with van der Waals surface area (Å²) in [4.78, 5) is 31.5. The van der Waals surface area contributed by atoms with Crippen molar-refractivity contribution in [3.05, 3.63) is 82.8 Å². The van der Waals surface area contributed by atoms with Crippen molar-refractivity contribution in [3.63, 3.8) is 0 Å². The molecule has 0 saturated carbocycles. The van der Waals surface area contributed by atoms with Gasteiger partial charge >= 0.3 is 5.97 Å². The number of ether oxygens (including phenoxy) is 2. The first kappa shape index (κ1) is 25.0. The van der Waals surface area contributed by atoms with Crippen molar-refractivity contribution in [3.8, 4) is 11.5 Å². The molecule has 1 aliphatic heterocycles. The van der Waals surface area contributed by atoms with Crippen molar-refractivity contribution in [2.75, 3.05) is 13.2 Å². The van der Waals surface area contributed by atoms with Gasteiger partial charge in [-0.2, -0.15) is 0 Å². The number of aromatic nitrogens is 1. The second kappa shape index (κ2) is 10.3. The number of halogens is 2. The van der Waals surface area contributed by atoms with Crippen molar-refractivity contribution >= 4 is 52.3 Å². The number of benzene rings is 2. The van der Waals surface area contributed by atoms with Crippen LogP contribution in [-0.2, 0) is 9.53 Å². The molecule has 0 spiro atoms. The molecular weight excluding hydrogens is 511 g/mol. The third-order valence-corrected chi connectivity index (χ3v) is 6.93. The highest BCUT2D eigenvalue weighted by Gasteiger charge is 2.32. The third kappa shape index (κ3) is 4.87. The number of phenols is 1. The van der Waals surface area contributed by atoms with Crippen LogP contribution in [0.15, 0.2) is 51.8 Å². The minimum absolute atomic E-state index is 0.0189. The number of fused-ring (bicyclic) bond motifs is 1. The SMILES string of the molecule is CCOC(=O)C1=C(C)n2c(s/c(=C\c3ccc(Cl)cc3Cl)c2=O)=N[C@H]1c1ccc(O)c(OCC)c1. The predicted molar refractivity (Wildman–Crippen MR) is 137 cm³/mol. The molecular formula is C25H22Cl2N2O5S. The standard InChI is InChI=1S/C25H22Cl2N2O5S/c1-4-33-19-10-15(7-9-18(19)30)22-21(24(32)34-5-2)13(3)29-23(31)20(35-25(29)28-22)11-14-6-8-16(26)12-17(14)27/h6-12,22,30H,4-5H2,1-3H3/b20-11-/t22-/m0/s1. The van der Waals surface area contributed by atoms with Gasteiger partial charge in [0.05, 0.1) is 23.3 Å². The minimum atomic E-state index is -0.751. The van der Waals surface area contributed by atoms with E-state index >= 15 is 0 Å². The van der Waals surface area contributed by atoms with Crippen LogP contribution >= 0.6 is 34.5 Å². The van der Waals surface area contributed by atoms with Gasteiger partial charge in [-0.1, -0.05) is 46.7 Å². The van der Waals surface area contributed by atoms with E-state index in [1.54, 1.807) is 57.2 Å². The number of rotatable bonds is 6. The zero-order valence-electron chi connectivity index (χ0n) is 19.2. The van der Waals surface area contributed by atoms with Crippen molar-refractivity contribution < 1.29 is 19.4 Å². The lowest BCUT2D eigenvalue weighted by molar-refractivity contribution is -0.138. The first-order valence-corrected chi connectivity index (χ1v) is 12.4. The van der Waals surface area contributed by atoms with Gasteiger partial charge in [0.2, 0.25) is 0 Å². The second-order valence-electron chi connectivity index (χ2n) is 7.61. The Kier molecular flexibility index (Phi) is 7.35. The number of hydrogen-bond donors (Lipinski definition) is 1. The molecule has 35 heavy (non-hydrogen) atoms. The van der Waals surface area contributed by atoms with Gasteiger partial charge in [-0.25, -0.2) is 9.79 Å². The number of carbonyl (C=O) groups is 1. The zero-order valence-corrected chi connectivity index (χ0v) is 21.5. The summed E-state index contributed by atoms with van der Waals surface area (Å²) in [5, 5.41) is 11.0. The maximum Gasteiger partial charge on any atom is 0.338 e. The highest BCUT2D eigenvalue weighted by Crippen LogP contribution is 2.36. The van der Waals surface area contributed by atoms with E-state index in [4.69, 9.17) is 37.7 Å². The summed E-state index contributed by atoms with van der Waals surface area (Å²) in [5.74, 6) is -0.309. The fourth-order valence-electron chi connectivity index (χ4n) is 3.79. The van der Waals surface area contributed by atoms with Crippen molar-refractivity contribution in [2.24, 2.45) is 4.99 Å². The molecule has 7 nitrogen and oxygen atoms in total. The van der Waals surface area contributed by atoms with Crippen molar-refractivity contribution in [1.29, 1.82) is 0 Å². The number of phenolic OH excluding ortho intramolecular Hbond substituents is 1. The minimum Gasteiger partial charge on any atom is -0.504 e. The molecule has 0 fully saturated rings. The maximum absolute atomic E-state index is 13.3. The number of allylic oxidation sites excluding steroid dienone is 1. The zero-order chi connectivity index (χ0) is 25.3. The molecule has 0 radical (unpaired) electrons. The summed E-state index contributed by atoms with van der Waals surface area (Å²) in [6.45, 7) is 5.73. The molecule has 0 bridgehead atoms. The van der Waals surface area contributed by atoms with Crippen LogP contribution in [0.1, 0.15) is 37.9 Å². The van der Waals surface area contributed by atoms with Gasteiger partial charge in [0.1, 0.15) is 6.04 Å². The summed E-state index contributed by atoms with van der Waals surface area (Å²) < 4.78 is 12.6. The van der Waals surface area contributed by atoms with Gasteiger partial charge in [0, 0.05) is 15.7 Å². The van der Waals surface area contributed by atoms with Crippen LogP contribution in [-0.4, -0.2) is 28.9 Å². The Morgan fingerprint density at radius 2 is 1.97 bits per heavy atom. The molecule has 10 heteroatoms. The maximum atomic E-state index is 13.3. The molecule has 0 aliphatic carbocycles. The fraction of sp³-hybridized carbons (Fsp3) is 0.240. The lowest BCUT2D eigenvalue weighted by atomic mass is 9.96. The van der Waals surface area contributed by atoms with Crippen molar-refractivity contribution in [2.45, 2.75) is 26.8 Å². The molecule has 1 atom stereocenters. The molecule has 2 heterocycles. The Bertz CT molecular complexity index is 1520. The van der Waals surface area contributed by atoms with E-state index in [1.807, 2.05) is 0 Å². The highest BCUT2D eigenvalue weighted by atomic mass is 35.5. The van der Waals surface area contributed by atoms with Gasteiger partial charge in [-0.15, -0.1) is 0 Å². The first-order valence-electron chi connectivity index (χ1n) is 10.9. The normalized spacial score (nSPS) is 15.6. The van der Waals surface area contributed by atoms with Gasteiger partial charge in [0.25, 0.3) is 5.56 Å². The summed E-state index contributed by atoms with van der Waals surface area (Å²) in [6.07, 6.45) is 1.67. The largest absolute Gasteiger partial charge is 0.504 e. The van der Waals surface area contributed by atoms with Gasteiger partial charge in [-0.05, 0) is 62.2 Å². The highest BCUT2D eigenvalue weighted by molar-refractivity contribution is 7.07. The van der Waals surface area contributed by atoms with Crippen LogP contribution in [0, 0.1) is 0 Å². The third-order valence-electron chi connectivity index (χ3n) is 5.39. The number of esters is 1. The average Bonchev–Trinajstić information content (AvgIpc) is 3.12. The molecule has 2 aromatic carbocycles. The first-order chi connectivity index (χ1) is 16.7. The van der Waals surface area contributed by atoms with Gasteiger partial charge < -0.3 is 14.6 Å². The average molecular weight is 533 g/mol. The topological polar surface area (TPSA) is 90.1 Å². The van der Waals surface area contributed by atoms with E-state index < -0.39 is 12.0 Å². The van der Waals surface area contributed by atoms with Crippen LogP contribution in [0.25, 0.3) is 11.8 Å². The second-order valence-corrected chi connectivity index (χ2v) is 9.46. The lowest BCUT2D eigenvalue weighted by Gasteiger charge is -2.22. The fourth-order valence-corrected chi connectivity index (χ4v) is 5.28. The monoisotopic (exact) mass is 532 g/mol. The van der Waals surface area contributed by atoms with E-state index in [1.165, 1.54) is 22.0 Å². The molecule has 4 rings (SSSR count). The van der Waals surface area contributed by atoms with Crippen LogP contribution in [0.2, 0.25) is 10.0 Å². The Morgan fingerprint density at radius 3 is 2.66 bits per heavy atom. The van der Waals surface area contributed by atoms with E-state index in [9.17, 15) is 14.7 Å². The molecule has 0 amide bonds. The Hall–Kier alpha value is -3.07. The summed E-state index contributed by atoms with van der Waals surface area (Å²) in [6, 6.07) is 9.07. The van der Waals surface area contributed by atoms with E-state index in [2.05, 4.69) is 0 Å². The summed E-state index contributed by atoms with van der Waals surface area (Å²) in [7, 11) is 0. The van der Waals surface area contributed by atoms with Crippen LogP contribution < -0.4 is 19.6 Å². The predicted octanol–water partition coefficient (Wildman–Crippen LogP) is 4.32. The number of carbonyl (C=O) groups excluding carboxylic acids is 1. The van der Waals surface area contributed by atoms with Gasteiger partial charge in [0.15, 0.2) is 16.3 Å². The molecule has 182 valence electrons. The lowest BCUT2D eigenvalue weighted by Crippen LogP contribution is -2.35. The Morgan fingerprint density at radius 1 is 1.20 bits per heavy atom. The number of aromatic hydroxyl groups is 1. The molecule has 1 N–H and O–H groups in total. The molecule has 1 aliphatic rings. The van der Waals surface area contributed by atoms with Crippen LogP contribution in [0.4, 0.5) is 0 Å². The van der Waals surface area contributed by atoms with Crippen LogP contribution in [0.3, 0.4) is 0 Å². The van der Waals surface area contributed by atoms with Gasteiger partial charge in [-0.3, -0.25) is 9.36 Å².